The molecule has 4 heteroatoms. The summed E-state index contributed by atoms with van der Waals surface area (Å²) in [6.07, 6.45) is 6.60. The van der Waals surface area contributed by atoms with Crippen molar-refractivity contribution in [2.45, 2.75) is 39.2 Å². The maximum Gasteiger partial charge on any atom is 0.226 e. The lowest BCUT2D eigenvalue weighted by Gasteiger charge is -2.19. The van der Waals surface area contributed by atoms with Crippen LogP contribution in [-0.4, -0.2) is 15.3 Å². The summed E-state index contributed by atoms with van der Waals surface area (Å²) < 4.78 is 1.98. The molecular formula is C21H23N3O. The Morgan fingerprint density at radius 2 is 2.00 bits per heavy atom. The van der Waals surface area contributed by atoms with E-state index in [9.17, 15) is 4.79 Å². The van der Waals surface area contributed by atoms with E-state index in [1.165, 1.54) is 24.0 Å². The number of hydrogen-bond donors (Lipinski definition) is 1. The summed E-state index contributed by atoms with van der Waals surface area (Å²) in [7, 11) is 0. The molecule has 4 rings (SSSR count). The van der Waals surface area contributed by atoms with Crippen molar-refractivity contribution in [3.63, 3.8) is 0 Å². The summed E-state index contributed by atoms with van der Waals surface area (Å²) in [5.74, 6) is 0.605. The number of rotatable bonds is 5. The summed E-state index contributed by atoms with van der Waals surface area (Å²) in [5, 5.41) is 3.23. The van der Waals surface area contributed by atoms with Crippen molar-refractivity contribution in [2.75, 3.05) is 0 Å². The molecule has 1 aliphatic rings. The zero-order valence-electron chi connectivity index (χ0n) is 14.7. The van der Waals surface area contributed by atoms with Gasteiger partial charge in [-0.3, -0.25) is 4.79 Å². The molecule has 0 saturated heterocycles. The highest BCUT2D eigenvalue weighted by atomic mass is 16.1. The monoisotopic (exact) mass is 333 g/mol. The fourth-order valence-electron chi connectivity index (χ4n) is 3.36. The van der Waals surface area contributed by atoms with Crippen LogP contribution in [0.3, 0.4) is 0 Å². The van der Waals surface area contributed by atoms with Crippen LogP contribution in [0.25, 0.3) is 5.65 Å². The van der Waals surface area contributed by atoms with Crippen molar-refractivity contribution in [2.24, 2.45) is 5.92 Å². The number of carbonyl (C=O) groups excluding carboxylic acids is 1. The van der Waals surface area contributed by atoms with Crippen LogP contribution in [-0.2, 0) is 11.2 Å². The first kappa shape index (κ1) is 15.9. The average molecular weight is 333 g/mol. The van der Waals surface area contributed by atoms with Crippen molar-refractivity contribution in [3.05, 3.63) is 71.2 Å². The topological polar surface area (TPSA) is 46.4 Å². The van der Waals surface area contributed by atoms with Crippen molar-refractivity contribution in [3.8, 4) is 0 Å². The third-order valence-corrected chi connectivity index (χ3v) is 4.92. The maximum absolute atomic E-state index is 12.6. The molecule has 1 fully saturated rings. The maximum atomic E-state index is 12.6. The van der Waals surface area contributed by atoms with Crippen LogP contribution < -0.4 is 5.32 Å². The number of nitrogens with zero attached hydrogens (tertiary/aromatic N) is 2. The van der Waals surface area contributed by atoms with Gasteiger partial charge in [0.25, 0.3) is 0 Å². The van der Waals surface area contributed by atoms with E-state index in [1.807, 2.05) is 35.9 Å². The molecule has 2 heterocycles. The van der Waals surface area contributed by atoms with Crippen LogP contribution in [0.2, 0.25) is 0 Å². The number of amides is 1. The summed E-state index contributed by atoms with van der Waals surface area (Å²) in [6, 6.07) is 12.6. The highest BCUT2D eigenvalue weighted by Gasteiger charge is 2.33. The Morgan fingerprint density at radius 1 is 1.24 bits per heavy atom. The fourth-order valence-corrected chi connectivity index (χ4v) is 3.36. The van der Waals surface area contributed by atoms with Crippen molar-refractivity contribution in [1.29, 1.82) is 0 Å². The molecule has 4 nitrogen and oxygen atoms in total. The van der Waals surface area contributed by atoms with Gasteiger partial charge in [-0.25, -0.2) is 4.98 Å². The third kappa shape index (κ3) is 3.43. The highest BCUT2D eigenvalue weighted by Crippen LogP contribution is 2.41. The Hall–Kier alpha value is -2.62. The molecule has 1 N–H and O–H groups in total. The van der Waals surface area contributed by atoms with E-state index in [0.717, 1.165) is 16.9 Å². The number of nitrogens with one attached hydrogen (secondary N) is 1. The van der Waals surface area contributed by atoms with Crippen molar-refractivity contribution >= 4 is 11.6 Å². The Bertz CT molecular complexity index is 907. The third-order valence-electron chi connectivity index (χ3n) is 4.92. The standard InChI is InChI=1S/C21H23N3O/c1-14-5-7-16(8-6-14)20(17-9-10-17)23-19(25)12-18-13-24-11-3-4-15(2)21(24)22-18/h3-8,11,13,17,20H,9-10,12H2,1-2H3,(H,23,25). The van der Waals surface area contributed by atoms with E-state index in [-0.39, 0.29) is 11.9 Å². The normalized spacial score (nSPS) is 15.3. The molecule has 0 spiro atoms. The zero-order valence-corrected chi connectivity index (χ0v) is 14.7. The average Bonchev–Trinajstić information content (AvgIpc) is 3.34. The van der Waals surface area contributed by atoms with E-state index >= 15 is 0 Å². The van der Waals surface area contributed by atoms with Gasteiger partial charge in [-0.1, -0.05) is 35.9 Å². The van der Waals surface area contributed by atoms with Gasteiger partial charge in [0.1, 0.15) is 5.65 Å². The second-order valence-electron chi connectivity index (χ2n) is 7.12. The Labute approximate surface area is 147 Å². The second-order valence-corrected chi connectivity index (χ2v) is 7.12. The van der Waals surface area contributed by atoms with Crippen molar-refractivity contribution < 1.29 is 4.79 Å². The minimum Gasteiger partial charge on any atom is -0.349 e. The first-order chi connectivity index (χ1) is 12.1. The largest absolute Gasteiger partial charge is 0.349 e. The number of imidazole rings is 1. The molecule has 0 bridgehead atoms. The van der Waals surface area contributed by atoms with Crippen LogP contribution in [0.15, 0.2) is 48.8 Å². The van der Waals surface area contributed by atoms with Crippen LogP contribution in [0, 0.1) is 19.8 Å². The SMILES string of the molecule is Cc1ccc(C(NC(=O)Cc2cn3cccc(C)c3n2)C2CC2)cc1. The van der Waals surface area contributed by atoms with Gasteiger partial charge in [-0.15, -0.1) is 0 Å². The first-order valence-corrected chi connectivity index (χ1v) is 8.89. The second kappa shape index (κ2) is 6.36. The van der Waals surface area contributed by atoms with Gasteiger partial charge in [-0.05, 0) is 49.8 Å². The van der Waals surface area contributed by atoms with Gasteiger partial charge >= 0.3 is 0 Å². The predicted molar refractivity (Wildman–Crippen MR) is 98.4 cm³/mol. The number of aromatic nitrogens is 2. The summed E-state index contributed by atoms with van der Waals surface area (Å²) in [5.41, 5.74) is 5.29. The van der Waals surface area contributed by atoms with Crippen LogP contribution in [0.1, 0.15) is 41.3 Å². The van der Waals surface area contributed by atoms with E-state index in [4.69, 9.17) is 0 Å². The molecule has 3 aromatic rings. The molecular weight excluding hydrogens is 310 g/mol. The lowest BCUT2D eigenvalue weighted by Crippen LogP contribution is -2.31. The van der Waals surface area contributed by atoms with E-state index in [1.54, 1.807) is 0 Å². The molecule has 1 saturated carbocycles. The molecule has 128 valence electrons. The number of benzene rings is 1. The summed E-state index contributed by atoms with van der Waals surface area (Å²) in [6.45, 7) is 4.12. The van der Waals surface area contributed by atoms with E-state index in [2.05, 4.69) is 41.5 Å². The molecule has 1 aliphatic carbocycles. The first-order valence-electron chi connectivity index (χ1n) is 8.89. The smallest absolute Gasteiger partial charge is 0.226 e. The fraction of sp³-hybridized carbons (Fsp3) is 0.333. The van der Waals surface area contributed by atoms with Crippen LogP contribution in [0.5, 0.6) is 0 Å². The molecule has 1 amide bonds. The van der Waals surface area contributed by atoms with Gasteiger partial charge in [0.05, 0.1) is 18.2 Å². The molecule has 0 aliphatic heterocycles. The molecule has 25 heavy (non-hydrogen) atoms. The van der Waals surface area contributed by atoms with Gasteiger partial charge in [0, 0.05) is 12.4 Å². The minimum atomic E-state index is 0.0403. The highest BCUT2D eigenvalue weighted by molar-refractivity contribution is 5.79. The number of fused-ring (bicyclic) bond motifs is 1. The molecule has 1 unspecified atom stereocenters. The zero-order chi connectivity index (χ0) is 17.4. The van der Waals surface area contributed by atoms with Crippen molar-refractivity contribution in [1.82, 2.24) is 14.7 Å². The minimum absolute atomic E-state index is 0.0403. The van der Waals surface area contributed by atoms with Crippen LogP contribution in [0.4, 0.5) is 0 Å². The molecule has 0 radical (unpaired) electrons. The van der Waals surface area contributed by atoms with Gasteiger partial charge in [0.2, 0.25) is 5.91 Å². The Morgan fingerprint density at radius 3 is 2.68 bits per heavy atom. The quantitative estimate of drug-likeness (QED) is 0.773. The molecule has 1 atom stereocenters. The summed E-state index contributed by atoms with van der Waals surface area (Å²) in [4.78, 5) is 17.2. The number of aryl methyl sites for hydroxylation is 2. The van der Waals surface area contributed by atoms with E-state index in [0.29, 0.717) is 12.3 Å². The Balaban J connectivity index is 1.49. The van der Waals surface area contributed by atoms with Crippen LogP contribution >= 0.6 is 0 Å². The predicted octanol–water partition coefficient (Wildman–Crippen LogP) is 3.76. The molecule has 1 aromatic carbocycles. The van der Waals surface area contributed by atoms with Gasteiger partial charge < -0.3 is 9.72 Å². The Kier molecular flexibility index (Phi) is 4.04. The van der Waals surface area contributed by atoms with Gasteiger partial charge in [-0.2, -0.15) is 0 Å². The lowest BCUT2D eigenvalue weighted by molar-refractivity contribution is -0.121. The summed E-state index contributed by atoms with van der Waals surface area (Å²) >= 11 is 0. The number of hydrogen-bond acceptors (Lipinski definition) is 2. The number of pyridine rings is 1. The molecule has 2 aromatic heterocycles. The number of carbonyl (C=O) groups is 1. The van der Waals surface area contributed by atoms with E-state index < -0.39 is 0 Å². The van der Waals surface area contributed by atoms with Gasteiger partial charge in [0.15, 0.2) is 0 Å². The lowest BCUT2D eigenvalue weighted by atomic mass is 10.0.